The number of pyridine rings is 1. The lowest BCUT2D eigenvalue weighted by atomic mass is 9.88. The molecular formula is C22H25F2N5O3. The van der Waals surface area contributed by atoms with Crippen LogP contribution in [0.1, 0.15) is 72.4 Å². The number of nitrogens with two attached hydrogens (primary N) is 1. The van der Waals surface area contributed by atoms with Crippen molar-refractivity contribution in [3.05, 3.63) is 40.8 Å². The van der Waals surface area contributed by atoms with Gasteiger partial charge in [-0.2, -0.15) is 5.10 Å². The van der Waals surface area contributed by atoms with Crippen molar-refractivity contribution in [1.82, 2.24) is 14.8 Å². The molecule has 170 valence electrons. The van der Waals surface area contributed by atoms with Crippen LogP contribution in [0, 0.1) is 5.92 Å². The molecule has 4 heterocycles. The van der Waals surface area contributed by atoms with Gasteiger partial charge in [0.15, 0.2) is 0 Å². The molecule has 8 nitrogen and oxygen atoms in total. The Bertz CT molecular complexity index is 1130. The fourth-order valence-electron chi connectivity index (χ4n) is 4.86. The number of primary amides is 1. The molecule has 32 heavy (non-hydrogen) atoms. The summed E-state index contributed by atoms with van der Waals surface area (Å²) < 4.78 is 35.1. The molecule has 5 rings (SSSR count). The zero-order valence-electron chi connectivity index (χ0n) is 18.1. The van der Waals surface area contributed by atoms with E-state index in [4.69, 9.17) is 10.5 Å². The molecule has 2 N–H and O–H groups in total. The van der Waals surface area contributed by atoms with Crippen LogP contribution in [0.5, 0.6) is 0 Å². The molecule has 0 aromatic carbocycles. The number of nitrogens with zero attached hydrogens (tertiary/aromatic N) is 4. The van der Waals surface area contributed by atoms with E-state index in [1.165, 1.54) is 4.90 Å². The first-order valence-electron chi connectivity index (χ1n) is 10.8. The lowest BCUT2D eigenvalue weighted by molar-refractivity contribution is -0.135. The first kappa shape index (κ1) is 21.0. The minimum Gasteiger partial charge on any atom is -0.364 e. The number of halogens is 2. The molecule has 0 bridgehead atoms. The van der Waals surface area contributed by atoms with Crippen molar-refractivity contribution >= 4 is 17.6 Å². The number of carbonyl (C=O) groups excluding carboxylic acids is 2. The first-order chi connectivity index (χ1) is 15.1. The van der Waals surface area contributed by atoms with E-state index in [1.54, 1.807) is 30.1 Å². The van der Waals surface area contributed by atoms with Crippen molar-refractivity contribution in [1.29, 1.82) is 0 Å². The van der Waals surface area contributed by atoms with Crippen LogP contribution in [0.4, 0.5) is 14.6 Å². The molecule has 0 radical (unpaired) electrons. The number of ether oxygens (including phenoxy) is 1. The molecule has 4 atom stereocenters. The first-order valence-corrected chi connectivity index (χ1v) is 10.8. The standard InChI is InChI=1S/C22H25F2N5O3/c1-4-21(2)13-7-16(19(25)30)26-10-12(13)18(32-21)11-5-6-29-17(28(3)20(11)31)8-15(27-29)14-9-22(14,23)24/h7-8,10-11,14,18H,4-6,9H2,1-3H3,(H2,25,30)/t11-,14+,18?,21?/m0/s1. The lowest BCUT2D eigenvalue weighted by Gasteiger charge is -2.28. The Balaban J connectivity index is 1.47. The molecule has 2 unspecified atom stereocenters. The van der Waals surface area contributed by atoms with Gasteiger partial charge in [0.25, 0.3) is 11.8 Å². The van der Waals surface area contributed by atoms with Crippen molar-refractivity contribution in [3.63, 3.8) is 0 Å². The second kappa shape index (κ2) is 6.81. The summed E-state index contributed by atoms with van der Waals surface area (Å²) in [6.45, 7) is 4.30. The highest BCUT2D eigenvalue weighted by Gasteiger charge is 2.59. The summed E-state index contributed by atoms with van der Waals surface area (Å²) in [6, 6.07) is 3.24. The zero-order chi connectivity index (χ0) is 23.0. The Labute approximate surface area is 183 Å². The van der Waals surface area contributed by atoms with Gasteiger partial charge in [0, 0.05) is 37.8 Å². The number of fused-ring (bicyclic) bond motifs is 2. The molecule has 1 aliphatic carbocycles. The Kier molecular flexibility index (Phi) is 4.47. The van der Waals surface area contributed by atoms with Crippen molar-refractivity contribution in [2.45, 2.75) is 63.2 Å². The smallest absolute Gasteiger partial charge is 0.267 e. The highest BCUT2D eigenvalue weighted by atomic mass is 19.3. The van der Waals surface area contributed by atoms with E-state index in [0.29, 0.717) is 30.9 Å². The summed E-state index contributed by atoms with van der Waals surface area (Å²) >= 11 is 0. The van der Waals surface area contributed by atoms with Gasteiger partial charge in [-0.1, -0.05) is 6.92 Å². The third-order valence-electron chi connectivity index (χ3n) is 7.09. The molecule has 10 heteroatoms. The monoisotopic (exact) mass is 445 g/mol. The van der Waals surface area contributed by atoms with Gasteiger partial charge in [-0.05, 0) is 31.4 Å². The summed E-state index contributed by atoms with van der Waals surface area (Å²) in [6.07, 6.45) is 1.89. The van der Waals surface area contributed by atoms with Gasteiger partial charge in [0.2, 0.25) is 5.91 Å². The van der Waals surface area contributed by atoms with Crippen molar-refractivity contribution < 1.29 is 23.1 Å². The minimum absolute atomic E-state index is 0.154. The molecular weight excluding hydrogens is 420 g/mol. The van der Waals surface area contributed by atoms with Crippen LogP contribution in [0.25, 0.3) is 0 Å². The quantitative estimate of drug-likeness (QED) is 0.780. The fraction of sp³-hybridized carbons (Fsp3) is 0.545. The van der Waals surface area contributed by atoms with Gasteiger partial charge in [-0.3, -0.25) is 19.5 Å². The Hall–Kier alpha value is -2.88. The van der Waals surface area contributed by atoms with Gasteiger partial charge in [0.05, 0.1) is 29.2 Å². The van der Waals surface area contributed by atoms with Crippen molar-refractivity contribution in [3.8, 4) is 0 Å². The molecule has 1 saturated carbocycles. The maximum atomic E-state index is 13.5. The highest BCUT2D eigenvalue weighted by molar-refractivity contribution is 5.95. The maximum Gasteiger partial charge on any atom is 0.267 e. The Morgan fingerprint density at radius 2 is 2.09 bits per heavy atom. The second-order valence-electron chi connectivity index (χ2n) is 9.10. The molecule has 0 saturated heterocycles. The van der Waals surface area contributed by atoms with Crippen molar-refractivity contribution in [2.75, 3.05) is 11.9 Å². The van der Waals surface area contributed by atoms with E-state index in [2.05, 4.69) is 10.1 Å². The number of amides is 2. The highest BCUT2D eigenvalue weighted by Crippen LogP contribution is 2.56. The van der Waals surface area contributed by atoms with Crippen LogP contribution in [0.2, 0.25) is 0 Å². The number of carbonyl (C=O) groups is 2. The van der Waals surface area contributed by atoms with Gasteiger partial charge in [0.1, 0.15) is 11.5 Å². The van der Waals surface area contributed by atoms with E-state index in [1.807, 2.05) is 13.8 Å². The number of hydrogen-bond acceptors (Lipinski definition) is 5. The summed E-state index contributed by atoms with van der Waals surface area (Å²) in [5, 5.41) is 4.37. The molecule has 2 aromatic rings. The van der Waals surface area contributed by atoms with E-state index in [0.717, 1.165) is 11.1 Å². The summed E-state index contributed by atoms with van der Waals surface area (Å²) in [5.41, 5.74) is 6.78. The normalized spacial score (nSPS) is 30.6. The summed E-state index contributed by atoms with van der Waals surface area (Å²) in [4.78, 5) is 30.8. The zero-order valence-corrected chi connectivity index (χ0v) is 18.1. The number of anilines is 1. The maximum absolute atomic E-state index is 13.5. The second-order valence-corrected chi connectivity index (χ2v) is 9.10. The number of alkyl halides is 2. The predicted molar refractivity (Wildman–Crippen MR) is 110 cm³/mol. The average Bonchev–Trinajstić information content (AvgIpc) is 3.11. The summed E-state index contributed by atoms with van der Waals surface area (Å²) in [5.74, 6) is -4.39. The third-order valence-corrected chi connectivity index (χ3v) is 7.09. The Morgan fingerprint density at radius 1 is 1.38 bits per heavy atom. The van der Waals surface area contributed by atoms with Crippen molar-refractivity contribution in [2.24, 2.45) is 11.7 Å². The fourth-order valence-corrected chi connectivity index (χ4v) is 4.86. The third kappa shape index (κ3) is 3.03. The topological polar surface area (TPSA) is 103 Å². The molecule has 0 spiro atoms. The Morgan fingerprint density at radius 3 is 2.72 bits per heavy atom. The predicted octanol–water partition coefficient (Wildman–Crippen LogP) is 2.88. The largest absolute Gasteiger partial charge is 0.364 e. The van der Waals surface area contributed by atoms with E-state index in [9.17, 15) is 18.4 Å². The van der Waals surface area contributed by atoms with Crippen LogP contribution < -0.4 is 10.6 Å². The minimum atomic E-state index is -2.71. The van der Waals surface area contributed by atoms with Gasteiger partial charge < -0.3 is 10.5 Å². The van der Waals surface area contributed by atoms with Crippen LogP contribution in [-0.4, -0.2) is 39.5 Å². The summed E-state index contributed by atoms with van der Waals surface area (Å²) in [7, 11) is 1.63. The van der Waals surface area contributed by atoms with Crippen LogP contribution in [-0.2, 0) is 21.7 Å². The van der Waals surface area contributed by atoms with Crippen LogP contribution in [0.3, 0.4) is 0 Å². The van der Waals surface area contributed by atoms with E-state index >= 15 is 0 Å². The van der Waals surface area contributed by atoms with E-state index in [-0.39, 0.29) is 18.0 Å². The number of aryl methyl sites for hydroxylation is 1. The molecule has 2 aromatic heterocycles. The lowest BCUT2D eigenvalue weighted by Crippen LogP contribution is -2.35. The number of rotatable bonds is 4. The van der Waals surface area contributed by atoms with Crippen LogP contribution in [0.15, 0.2) is 18.3 Å². The van der Waals surface area contributed by atoms with Gasteiger partial charge in [-0.15, -0.1) is 0 Å². The average molecular weight is 445 g/mol. The van der Waals surface area contributed by atoms with E-state index < -0.39 is 35.4 Å². The van der Waals surface area contributed by atoms with Gasteiger partial charge in [-0.25, -0.2) is 13.5 Å². The molecule has 3 aliphatic rings. The molecule has 1 fully saturated rings. The SMILES string of the molecule is CCC1(C)OC([C@@H]2CCn3nc([C@H]4CC4(F)F)cc3N(C)C2=O)c2cnc(C(N)=O)cc21. The van der Waals surface area contributed by atoms with Crippen LogP contribution >= 0.6 is 0 Å². The molecule has 2 aliphatic heterocycles. The molecule has 2 amide bonds. The number of aromatic nitrogens is 3. The van der Waals surface area contributed by atoms with Gasteiger partial charge >= 0.3 is 0 Å². The number of hydrogen-bond donors (Lipinski definition) is 1.